The second-order valence-corrected chi connectivity index (χ2v) is 12.5. The van der Waals surface area contributed by atoms with Crippen LogP contribution in [0.5, 0.6) is 5.75 Å². The Bertz CT molecular complexity index is 1910. The van der Waals surface area contributed by atoms with Gasteiger partial charge in [-0.25, -0.2) is 9.78 Å². The highest BCUT2D eigenvalue weighted by Gasteiger charge is 2.21. The maximum atomic E-state index is 13.0. The molecule has 0 aliphatic carbocycles. The predicted molar refractivity (Wildman–Crippen MR) is 191 cm³/mol. The van der Waals surface area contributed by atoms with E-state index in [1.807, 2.05) is 68.4 Å². The van der Waals surface area contributed by atoms with Gasteiger partial charge >= 0.3 is 5.97 Å². The van der Waals surface area contributed by atoms with Crippen LogP contribution in [0.25, 0.3) is 17.0 Å². The van der Waals surface area contributed by atoms with E-state index in [1.54, 1.807) is 37.1 Å². The van der Waals surface area contributed by atoms with Crippen molar-refractivity contribution in [1.29, 1.82) is 0 Å². The molecule has 250 valence electrons. The van der Waals surface area contributed by atoms with Gasteiger partial charge in [-0.05, 0) is 73.4 Å². The molecule has 1 aliphatic rings. The van der Waals surface area contributed by atoms with Gasteiger partial charge in [-0.15, -0.1) is 5.48 Å². The van der Waals surface area contributed by atoms with Crippen LogP contribution in [0.15, 0.2) is 60.7 Å². The Morgan fingerprint density at radius 3 is 2.58 bits per heavy atom. The summed E-state index contributed by atoms with van der Waals surface area (Å²) in [7, 11) is 5.52. The number of hydrogen-bond acceptors (Lipinski definition) is 8. The first-order valence-corrected chi connectivity index (χ1v) is 16.2. The predicted octanol–water partition coefficient (Wildman–Crippen LogP) is 6.52. The lowest BCUT2D eigenvalue weighted by Crippen LogP contribution is -2.36. The quantitative estimate of drug-likeness (QED) is 0.148. The normalized spacial score (nSPS) is 12.6. The van der Waals surface area contributed by atoms with Crippen LogP contribution in [0.3, 0.4) is 0 Å². The van der Waals surface area contributed by atoms with Crippen molar-refractivity contribution in [1.82, 2.24) is 10.5 Å². The largest absolute Gasteiger partial charge is 0.487 e. The number of carbonyl (C=O) groups excluding carboxylic acids is 3. The summed E-state index contributed by atoms with van der Waals surface area (Å²) in [6, 6.07) is 16.7. The Kier molecular flexibility index (Phi) is 10.9. The summed E-state index contributed by atoms with van der Waals surface area (Å²) in [4.78, 5) is 52.1. The molecule has 0 radical (unpaired) electrons. The molecule has 0 saturated heterocycles. The van der Waals surface area contributed by atoms with Gasteiger partial charge in [0.05, 0.1) is 10.7 Å². The summed E-state index contributed by atoms with van der Waals surface area (Å²) < 4.78 is 6.19. The van der Waals surface area contributed by atoms with Crippen molar-refractivity contribution in [2.24, 2.45) is 0 Å². The first-order valence-electron chi connectivity index (χ1n) is 15.4. The van der Waals surface area contributed by atoms with Crippen molar-refractivity contribution in [3.8, 4) is 5.75 Å². The fourth-order valence-electron chi connectivity index (χ4n) is 5.61. The SMILES string of the molecule is CC(=O)N1CCCc2cc(/C=C/C(=O)ONCC(=O)N(C)c3ccc(Cl)c(COc4cccc5c(N(C)C)cc(C)nc45)c3Cl)ccc21. The highest BCUT2D eigenvalue weighted by atomic mass is 35.5. The molecule has 5 rings (SSSR count). The van der Waals surface area contributed by atoms with Crippen molar-refractivity contribution in [3.63, 3.8) is 0 Å². The van der Waals surface area contributed by atoms with E-state index in [0.717, 1.165) is 51.9 Å². The molecule has 2 amide bonds. The maximum absolute atomic E-state index is 13.0. The minimum atomic E-state index is -0.673. The van der Waals surface area contributed by atoms with Crippen LogP contribution in [0, 0.1) is 6.92 Å². The van der Waals surface area contributed by atoms with Gasteiger partial charge in [-0.3, -0.25) is 9.59 Å². The summed E-state index contributed by atoms with van der Waals surface area (Å²) >= 11 is 13.3. The molecule has 12 heteroatoms. The number of carbonyl (C=O) groups is 3. The number of nitrogens with one attached hydrogen (secondary N) is 1. The van der Waals surface area contributed by atoms with Crippen LogP contribution >= 0.6 is 23.2 Å². The molecule has 1 N–H and O–H groups in total. The Hall–Kier alpha value is -4.64. The molecule has 0 saturated carbocycles. The number of hydroxylamine groups is 1. The van der Waals surface area contributed by atoms with Crippen LogP contribution in [-0.4, -0.2) is 57.0 Å². The zero-order chi connectivity index (χ0) is 34.5. The van der Waals surface area contributed by atoms with E-state index in [1.165, 1.54) is 11.0 Å². The van der Waals surface area contributed by atoms with Crippen LogP contribution < -0.4 is 24.9 Å². The van der Waals surface area contributed by atoms with Crippen LogP contribution in [0.4, 0.5) is 17.1 Å². The van der Waals surface area contributed by atoms with Gasteiger partial charge in [0, 0.05) is 73.7 Å². The average Bonchev–Trinajstić information content (AvgIpc) is 3.06. The summed E-state index contributed by atoms with van der Waals surface area (Å²) in [5.41, 5.74) is 8.69. The van der Waals surface area contributed by atoms with Gasteiger partial charge in [0.2, 0.25) is 11.8 Å². The van der Waals surface area contributed by atoms with Gasteiger partial charge in [0.15, 0.2) is 0 Å². The molecular weight excluding hydrogens is 653 g/mol. The van der Waals surface area contributed by atoms with Gasteiger partial charge in [0.25, 0.3) is 0 Å². The number of halogens is 2. The summed E-state index contributed by atoms with van der Waals surface area (Å²) in [6.07, 6.45) is 4.63. The van der Waals surface area contributed by atoms with E-state index in [-0.39, 0.29) is 24.1 Å². The average molecular weight is 691 g/mol. The molecule has 0 fully saturated rings. The fourth-order valence-corrected chi connectivity index (χ4v) is 6.22. The summed E-state index contributed by atoms with van der Waals surface area (Å²) in [5.74, 6) is -0.496. The molecule has 4 aromatic rings. The zero-order valence-electron chi connectivity index (χ0n) is 27.5. The standard InChI is InChI=1S/C36H37Cl2N5O5/c1-22-18-31(41(3)4)26-9-6-10-32(36(26)40-22)47-21-27-28(37)13-15-30(35(27)38)42(5)33(45)20-39-48-34(46)16-12-24-11-14-29-25(19-24)8-7-17-43(29)23(2)44/h6,9-16,18-19,39H,7-8,17,20-21H2,1-5H3/b16-12+. The number of pyridine rings is 1. The van der Waals surface area contributed by atoms with Crippen LogP contribution in [0.2, 0.25) is 10.0 Å². The van der Waals surface area contributed by atoms with Gasteiger partial charge in [-0.1, -0.05) is 41.4 Å². The number of anilines is 3. The van der Waals surface area contributed by atoms with Gasteiger partial charge < -0.3 is 24.3 Å². The number of para-hydroxylation sites is 1. The van der Waals surface area contributed by atoms with Crippen molar-refractivity contribution in [2.45, 2.75) is 33.3 Å². The first kappa shape index (κ1) is 34.7. The highest BCUT2D eigenvalue weighted by molar-refractivity contribution is 6.38. The lowest BCUT2D eigenvalue weighted by atomic mass is 9.99. The number of aryl methyl sites for hydroxylation is 2. The van der Waals surface area contributed by atoms with Crippen molar-refractivity contribution in [2.75, 3.05) is 48.9 Å². The summed E-state index contributed by atoms with van der Waals surface area (Å²) in [6.45, 7) is 3.93. The molecule has 2 heterocycles. The third kappa shape index (κ3) is 7.73. The lowest BCUT2D eigenvalue weighted by molar-refractivity contribution is -0.145. The number of rotatable bonds is 10. The number of fused-ring (bicyclic) bond motifs is 2. The third-order valence-electron chi connectivity index (χ3n) is 8.07. The molecule has 10 nitrogen and oxygen atoms in total. The number of benzene rings is 3. The molecule has 0 spiro atoms. The second kappa shape index (κ2) is 15.1. The van der Waals surface area contributed by atoms with E-state index in [0.29, 0.717) is 28.6 Å². The molecule has 1 aromatic heterocycles. The number of aromatic nitrogens is 1. The number of hydrogen-bond donors (Lipinski definition) is 1. The number of ether oxygens (including phenoxy) is 1. The topological polar surface area (TPSA) is 104 Å². The molecule has 0 atom stereocenters. The Balaban J connectivity index is 1.19. The van der Waals surface area contributed by atoms with E-state index in [2.05, 4.69) is 5.48 Å². The smallest absolute Gasteiger partial charge is 0.349 e. The molecule has 0 unspecified atom stereocenters. The molecule has 0 bridgehead atoms. The van der Waals surface area contributed by atoms with Crippen LogP contribution in [0.1, 0.15) is 35.7 Å². The minimum absolute atomic E-state index is 0.00509. The zero-order valence-corrected chi connectivity index (χ0v) is 29.0. The summed E-state index contributed by atoms with van der Waals surface area (Å²) in [5, 5.41) is 1.59. The Morgan fingerprint density at radius 2 is 1.83 bits per heavy atom. The second-order valence-electron chi connectivity index (χ2n) is 11.7. The third-order valence-corrected chi connectivity index (χ3v) is 8.85. The number of amides is 2. The highest BCUT2D eigenvalue weighted by Crippen LogP contribution is 2.36. The molecule has 3 aromatic carbocycles. The van der Waals surface area contributed by atoms with Crippen LogP contribution in [-0.2, 0) is 32.2 Å². The van der Waals surface area contributed by atoms with Gasteiger partial charge in [0.1, 0.15) is 24.4 Å². The van der Waals surface area contributed by atoms with Crippen molar-refractivity contribution in [3.05, 3.63) is 93.1 Å². The fraction of sp³-hybridized carbons (Fsp3) is 0.278. The number of likely N-dealkylation sites (N-methyl/N-ethyl adjacent to an activating group) is 1. The van der Waals surface area contributed by atoms with E-state index in [9.17, 15) is 14.4 Å². The lowest BCUT2D eigenvalue weighted by Gasteiger charge is -2.28. The van der Waals surface area contributed by atoms with E-state index < -0.39 is 11.9 Å². The molecule has 1 aliphatic heterocycles. The Labute approximate surface area is 289 Å². The minimum Gasteiger partial charge on any atom is -0.487 e. The van der Waals surface area contributed by atoms with E-state index >= 15 is 0 Å². The van der Waals surface area contributed by atoms with Crippen molar-refractivity contribution < 1.29 is 24.0 Å². The molecular formula is C36H37Cl2N5O5. The first-order chi connectivity index (χ1) is 22.9. The van der Waals surface area contributed by atoms with Crippen molar-refractivity contribution >= 4 is 75.0 Å². The number of nitrogens with zero attached hydrogens (tertiary/aromatic N) is 4. The van der Waals surface area contributed by atoms with Gasteiger partial charge in [-0.2, -0.15) is 0 Å². The molecule has 48 heavy (non-hydrogen) atoms. The van der Waals surface area contributed by atoms with E-state index in [4.69, 9.17) is 37.8 Å². The Morgan fingerprint density at radius 1 is 1.04 bits per heavy atom. The maximum Gasteiger partial charge on any atom is 0.349 e. The monoisotopic (exact) mass is 689 g/mol.